The SMILES string of the molecule is CCNc1c(C(=O)NC2CC2C)cccc1[N+](=O)[O-]. The highest BCUT2D eigenvalue weighted by molar-refractivity contribution is 6.01. The summed E-state index contributed by atoms with van der Waals surface area (Å²) in [7, 11) is 0. The van der Waals surface area contributed by atoms with Crippen molar-refractivity contribution in [2.75, 3.05) is 11.9 Å². The van der Waals surface area contributed by atoms with E-state index in [1.807, 2.05) is 6.92 Å². The van der Waals surface area contributed by atoms with E-state index in [1.165, 1.54) is 12.1 Å². The first kappa shape index (κ1) is 13.3. The van der Waals surface area contributed by atoms with Crippen LogP contribution < -0.4 is 10.6 Å². The molecule has 6 nitrogen and oxygen atoms in total. The highest BCUT2D eigenvalue weighted by Gasteiger charge is 2.34. The molecule has 2 atom stereocenters. The number of hydrogen-bond acceptors (Lipinski definition) is 4. The standard InChI is InChI=1S/C13H17N3O3/c1-3-14-12-9(5-4-6-11(12)16(18)19)13(17)15-10-7-8(10)2/h4-6,8,10,14H,3,7H2,1-2H3,(H,15,17). The second kappa shape index (κ2) is 5.26. The molecule has 0 radical (unpaired) electrons. The fraction of sp³-hybridized carbons (Fsp3) is 0.462. The van der Waals surface area contributed by atoms with Crippen LogP contribution in [0, 0.1) is 16.0 Å². The smallest absolute Gasteiger partial charge is 0.293 e. The minimum Gasteiger partial charge on any atom is -0.379 e. The van der Waals surface area contributed by atoms with Gasteiger partial charge in [0.2, 0.25) is 0 Å². The molecule has 1 aliphatic carbocycles. The third-order valence-corrected chi connectivity index (χ3v) is 3.26. The van der Waals surface area contributed by atoms with Gasteiger partial charge in [-0.25, -0.2) is 0 Å². The van der Waals surface area contributed by atoms with Gasteiger partial charge in [0.05, 0.1) is 10.5 Å². The largest absolute Gasteiger partial charge is 0.379 e. The van der Waals surface area contributed by atoms with Gasteiger partial charge < -0.3 is 10.6 Å². The van der Waals surface area contributed by atoms with Crippen LogP contribution in [0.4, 0.5) is 11.4 Å². The molecule has 2 rings (SSSR count). The molecule has 2 N–H and O–H groups in total. The van der Waals surface area contributed by atoms with Gasteiger partial charge in [0.25, 0.3) is 11.6 Å². The van der Waals surface area contributed by atoms with Crippen molar-refractivity contribution < 1.29 is 9.72 Å². The zero-order chi connectivity index (χ0) is 14.0. The van der Waals surface area contributed by atoms with Crippen LogP contribution in [0.2, 0.25) is 0 Å². The monoisotopic (exact) mass is 263 g/mol. The van der Waals surface area contributed by atoms with Crippen molar-refractivity contribution in [2.24, 2.45) is 5.92 Å². The summed E-state index contributed by atoms with van der Waals surface area (Å²) in [6.07, 6.45) is 0.969. The Bertz CT molecular complexity index is 516. The van der Waals surface area contributed by atoms with Crippen LogP contribution in [0.25, 0.3) is 0 Å². The van der Waals surface area contributed by atoms with Gasteiger partial charge >= 0.3 is 0 Å². The Labute approximate surface area is 111 Å². The molecule has 0 spiro atoms. The molecule has 0 aliphatic heterocycles. The quantitative estimate of drug-likeness (QED) is 0.629. The molecule has 1 aliphatic rings. The average molecular weight is 263 g/mol. The number of para-hydroxylation sites is 1. The lowest BCUT2D eigenvalue weighted by atomic mass is 10.1. The highest BCUT2D eigenvalue weighted by atomic mass is 16.6. The molecule has 0 heterocycles. The van der Waals surface area contributed by atoms with Crippen LogP contribution in [0.15, 0.2) is 18.2 Å². The Hall–Kier alpha value is -2.11. The summed E-state index contributed by atoms with van der Waals surface area (Å²) >= 11 is 0. The molecular weight excluding hydrogens is 246 g/mol. The van der Waals surface area contributed by atoms with Crippen molar-refractivity contribution in [1.82, 2.24) is 5.32 Å². The summed E-state index contributed by atoms with van der Waals surface area (Å²) < 4.78 is 0. The Kier molecular flexibility index (Phi) is 3.69. The fourth-order valence-corrected chi connectivity index (χ4v) is 2.01. The summed E-state index contributed by atoms with van der Waals surface area (Å²) in [5.41, 5.74) is 0.550. The number of amides is 1. The van der Waals surface area contributed by atoms with E-state index in [0.29, 0.717) is 23.7 Å². The molecule has 19 heavy (non-hydrogen) atoms. The van der Waals surface area contributed by atoms with Crippen molar-refractivity contribution in [3.8, 4) is 0 Å². The number of carbonyl (C=O) groups is 1. The summed E-state index contributed by atoms with van der Waals surface area (Å²) in [6.45, 7) is 4.41. The maximum absolute atomic E-state index is 12.1. The van der Waals surface area contributed by atoms with Gasteiger partial charge in [0, 0.05) is 18.7 Å². The lowest BCUT2D eigenvalue weighted by Gasteiger charge is -2.11. The summed E-state index contributed by atoms with van der Waals surface area (Å²) in [5, 5.41) is 16.8. The maximum Gasteiger partial charge on any atom is 0.293 e. The van der Waals surface area contributed by atoms with E-state index < -0.39 is 4.92 Å². The van der Waals surface area contributed by atoms with E-state index in [-0.39, 0.29) is 17.6 Å². The fourth-order valence-electron chi connectivity index (χ4n) is 2.01. The third-order valence-electron chi connectivity index (χ3n) is 3.26. The van der Waals surface area contributed by atoms with Gasteiger partial charge in [-0.15, -0.1) is 0 Å². The van der Waals surface area contributed by atoms with Gasteiger partial charge in [-0.05, 0) is 25.3 Å². The molecule has 0 bridgehead atoms. The number of nitro groups is 1. The van der Waals surface area contributed by atoms with Crippen molar-refractivity contribution in [2.45, 2.75) is 26.3 Å². The Morgan fingerprint density at radius 1 is 1.53 bits per heavy atom. The van der Waals surface area contributed by atoms with E-state index in [1.54, 1.807) is 6.07 Å². The van der Waals surface area contributed by atoms with Gasteiger partial charge in [-0.3, -0.25) is 14.9 Å². The number of nitro benzene ring substituents is 1. The van der Waals surface area contributed by atoms with Crippen LogP contribution in [0.5, 0.6) is 0 Å². The lowest BCUT2D eigenvalue weighted by molar-refractivity contribution is -0.384. The van der Waals surface area contributed by atoms with Crippen molar-refractivity contribution >= 4 is 17.3 Å². The molecule has 6 heteroatoms. The van der Waals surface area contributed by atoms with Crippen molar-refractivity contribution in [3.63, 3.8) is 0 Å². The molecule has 0 saturated heterocycles. The van der Waals surface area contributed by atoms with Crippen LogP contribution >= 0.6 is 0 Å². The first-order chi connectivity index (χ1) is 9.04. The van der Waals surface area contributed by atoms with Crippen LogP contribution in [-0.2, 0) is 0 Å². The van der Waals surface area contributed by atoms with Crippen LogP contribution in [-0.4, -0.2) is 23.4 Å². The summed E-state index contributed by atoms with van der Waals surface area (Å²) in [6, 6.07) is 4.73. The molecule has 102 valence electrons. The second-order valence-electron chi connectivity index (χ2n) is 4.78. The van der Waals surface area contributed by atoms with Crippen LogP contribution in [0.3, 0.4) is 0 Å². The minimum atomic E-state index is -0.478. The zero-order valence-electron chi connectivity index (χ0n) is 11.0. The molecule has 1 fully saturated rings. The van der Waals surface area contributed by atoms with Crippen molar-refractivity contribution in [3.05, 3.63) is 33.9 Å². The summed E-state index contributed by atoms with van der Waals surface area (Å²) in [4.78, 5) is 22.7. The highest BCUT2D eigenvalue weighted by Crippen LogP contribution is 2.31. The van der Waals surface area contributed by atoms with E-state index in [9.17, 15) is 14.9 Å². The van der Waals surface area contributed by atoms with Crippen molar-refractivity contribution in [1.29, 1.82) is 0 Å². The van der Waals surface area contributed by atoms with E-state index in [2.05, 4.69) is 17.6 Å². The number of rotatable bonds is 5. The second-order valence-corrected chi connectivity index (χ2v) is 4.78. The minimum absolute atomic E-state index is 0.0710. The van der Waals surface area contributed by atoms with Gasteiger partial charge in [0.15, 0.2) is 0 Å². The zero-order valence-corrected chi connectivity index (χ0v) is 11.0. The van der Waals surface area contributed by atoms with E-state index in [0.717, 1.165) is 6.42 Å². The lowest BCUT2D eigenvalue weighted by Crippen LogP contribution is -2.27. The Morgan fingerprint density at radius 3 is 2.74 bits per heavy atom. The van der Waals surface area contributed by atoms with Gasteiger partial charge in [-0.2, -0.15) is 0 Å². The Balaban J connectivity index is 2.29. The first-order valence-corrected chi connectivity index (χ1v) is 6.36. The number of nitrogens with one attached hydrogen (secondary N) is 2. The molecule has 1 saturated carbocycles. The van der Waals surface area contributed by atoms with Gasteiger partial charge in [-0.1, -0.05) is 13.0 Å². The maximum atomic E-state index is 12.1. The number of benzene rings is 1. The number of nitrogens with zero attached hydrogens (tertiary/aromatic N) is 1. The summed E-state index contributed by atoms with van der Waals surface area (Å²) in [5.74, 6) is 0.235. The third kappa shape index (κ3) is 2.83. The molecule has 1 amide bonds. The first-order valence-electron chi connectivity index (χ1n) is 6.36. The molecule has 2 unspecified atom stereocenters. The van der Waals surface area contributed by atoms with E-state index >= 15 is 0 Å². The predicted molar refractivity (Wildman–Crippen MR) is 72.3 cm³/mol. The Morgan fingerprint density at radius 2 is 2.21 bits per heavy atom. The van der Waals surface area contributed by atoms with E-state index in [4.69, 9.17) is 0 Å². The van der Waals surface area contributed by atoms with Gasteiger partial charge in [0.1, 0.15) is 5.69 Å². The number of hydrogen-bond donors (Lipinski definition) is 2. The molecule has 1 aromatic carbocycles. The average Bonchev–Trinajstić information content (AvgIpc) is 3.05. The normalized spacial score (nSPS) is 20.7. The molecule has 0 aromatic heterocycles. The van der Waals surface area contributed by atoms with Crippen LogP contribution in [0.1, 0.15) is 30.6 Å². The number of carbonyl (C=O) groups excluding carboxylic acids is 1. The number of anilines is 1. The molecule has 1 aromatic rings. The molecular formula is C13H17N3O3. The topological polar surface area (TPSA) is 84.3 Å². The predicted octanol–water partition coefficient (Wildman–Crippen LogP) is 2.16.